The largest absolute Gasteiger partial charge is 0.481 e. The van der Waals surface area contributed by atoms with Crippen molar-refractivity contribution in [3.05, 3.63) is 46.7 Å². The molecular weight excluding hydrogens is 284 g/mol. The molecule has 1 N–H and O–H groups in total. The standard InChI is InChI=1S/C12H11BrN2O2/c1-8(12(16)17)9-3-4-11(10(13)7-9)15-6-2-5-14-15/h2-8H,1H3,(H,16,17). The lowest BCUT2D eigenvalue weighted by molar-refractivity contribution is -0.138. The number of nitrogens with zero attached hydrogens (tertiary/aromatic N) is 2. The maximum Gasteiger partial charge on any atom is 0.310 e. The van der Waals surface area contributed by atoms with Crippen LogP contribution in [0.15, 0.2) is 41.1 Å². The number of hydrogen-bond donors (Lipinski definition) is 1. The SMILES string of the molecule is CC(C(=O)O)c1ccc(-n2cccn2)c(Br)c1. The van der Waals surface area contributed by atoms with Gasteiger partial charge in [0.25, 0.3) is 0 Å². The normalized spacial score (nSPS) is 12.4. The van der Waals surface area contributed by atoms with Crippen LogP contribution < -0.4 is 0 Å². The highest BCUT2D eigenvalue weighted by molar-refractivity contribution is 9.10. The van der Waals surface area contributed by atoms with Crippen LogP contribution in [0.3, 0.4) is 0 Å². The number of carboxylic acid groups (broad SMARTS) is 1. The summed E-state index contributed by atoms with van der Waals surface area (Å²) >= 11 is 3.43. The molecule has 0 aliphatic heterocycles. The summed E-state index contributed by atoms with van der Waals surface area (Å²) < 4.78 is 2.55. The Kier molecular flexibility index (Phi) is 3.28. The molecule has 0 saturated carbocycles. The van der Waals surface area contributed by atoms with Gasteiger partial charge in [-0.1, -0.05) is 6.07 Å². The van der Waals surface area contributed by atoms with Gasteiger partial charge in [0.2, 0.25) is 0 Å². The zero-order chi connectivity index (χ0) is 12.4. The van der Waals surface area contributed by atoms with Gasteiger partial charge in [-0.25, -0.2) is 4.68 Å². The van der Waals surface area contributed by atoms with Crippen LogP contribution in [0.4, 0.5) is 0 Å². The Morgan fingerprint density at radius 3 is 2.82 bits per heavy atom. The van der Waals surface area contributed by atoms with Gasteiger partial charge in [0.1, 0.15) is 0 Å². The molecule has 0 aliphatic rings. The smallest absolute Gasteiger partial charge is 0.310 e. The van der Waals surface area contributed by atoms with E-state index >= 15 is 0 Å². The number of hydrogen-bond acceptors (Lipinski definition) is 2. The van der Waals surface area contributed by atoms with E-state index < -0.39 is 11.9 Å². The average molecular weight is 295 g/mol. The van der Waals surface area contributed by atoms with E-state index in [0.717, 1.165) is 15.7 Å². The minimum Gasteiger partial charge on any atom is -0.481 e. The molecule has 5 heteroatoms. The van der Waals surface area contributed by atoms with Crippen molar-refractivity contribution in [3.63, 3.8) is 0 Å². The Balaban J connectivity index is 2.39. The zero-order valence-corrected chi connectivity index (χ0v) is 10.8. The predicted molar refractivity (Wildman–Crippen MR) is 67.3 cm³/mol. The number of aliphatic carboxylic acids is 1. The van der Waals surface area contributed by atoms with E-state index in [9.17, 15) is 4.79 Å². The summed E-state index contributed by atoms with van der Waals surface area (Å²) in [5.41, 5.74) is 1.65. The summed E-state index contributed by atoms with van der Waals surface area (Å²) in [6, 6.07) is 7.31. The first-order chi connectivity index (χ1) is 8.09. The van der Waals surface area contributed by atoms with Gasteiger partial charge in [-0.2, -0.15) is 5.10 Å². The molecule has 88 valence electrons. The van der Waals surface area contributed by atoms with Gasteiger partial charge in [-0.3, -0.25) is 4.79 Å². The van der Waals surface area contributed by atoms with Crippen LogP contribution in [-0.2, 0) is 4.79 Å². The molecule has 4 nitrogen and oxygen atoms in total. The van der Waals surface area contributed by atoms with E-state index in [2.05, 4.69) is 21.0 Å². The van der Waals surface area contributed by atoms with Crippen molar-refractivity contribution in [1.82, 2.24) is 9.78 Å². The van der Waals surface area contributed by atoms with Crippen LogP contribution in [0, 0.1) is 0 Å². The summed E-state index contributed by atoms with van der Waals surface area (Å²) in [6.45, 7) is 1.66. The molecule has 1 heterocycles. The molecule has 1 atom stereocenters. The molecule has 2 aromatic rings. The maximum absolute atomic E-state index is 10.9. The van der Waals surface area contributed by atoms with E-state index in [4.69, 9.17) is 5.11 Å². The highest BCUT2D eigenvalue weighted by Crippen LogP contribution is 2.25. The fourth-order valence-corrected chi connectivity index (χ4v) is 2.11. The fourth-order valence-electron chi connectivity index (χ4n) is 1.53. The molecule has 17 heavy (non-hydrogen) atoms. The summed E-state index contributed by atoms with van der Waals surface area (Å²) in [7, 11) is 0. The topological polar surface area (TPSA) is 55.1 Å². The molecule has 0 amide bonds. The molecule has 0 radical (unpaired) electrons. The number of halogens is 1. The predicted octanol–water partition coefficient (Wildman–Crippen LogP) is 2.82. The lowest BCUT2D eigenvalue weighted by Crippen LogP contribution is -2.07. The average Bonchev–Trinajstić information content (AvgIpc) is 2.81. The van der Waals surface area contributed by atoms with Gasteiger partial charge in [0.05, 0.1) is 11.6 Å². The summed E-state index contributed by atoms with van der Waals surface area (Å²) in [5.74, 6) is -1.35. The Hall–Kier alpha value is -1.62. The lowest BCUT2D eigenvalue weighted by atomic mass is 10.0. The van der Waals surface area contributed by atoms with Crippen molar-refractivity contribution in [3.8, 4) is 5.69 Å². The fraction of sp³-hybridized carbons (Fsp3) is 0.167. The number of carboxylic acids is 1. The van der Waals surface area contributed by atoms with Crippen LogP contribution in [0.1, 0.15) is 18.4 Å². The second kappa shape index (κ2) is 4.71. The summed E-state index contributed by atoms with van der Waals surface area (Å²) in [6.07, 6.45) is 3.53. The van der Waals surface area contributed by atoms with Crippen molar-refractivity contribution >= 4 is 21.9 Å². The summed E-state index contributed by atoms with van der Waals surface area (Å²) in [5, 5.41) is 13.1. The quantitative estimate of drug-likeness (QED) is 0.947. The monoisotopic (exact) mass is 294 g/mol. The molecule has 1 aromatic carbocycles. The molecule has 1 aromatic heterocycles. The first-order valence-electron chi connectivity index (χ1n) is 5.12. The summed E-state index contributed by atoms with van der Waals surface area (Å²) in [4.78, 5) is 10.9. The number of aromatic nitrogens is 2. The van der Waals surface area contributed by atoms with Crippen molar-refractivity contribution in [1.29, 1.82) is 0 Å². The Labute approximate surface area is 107 Å². The van der Waals surface area contributed by atoms with Crippen molar-refractivity contribution in [2.45, 2.75) is 12.8 Å². The van der Waals surface area contributed by atoms with Crippen LogP contribution in [0.2, 0.25) is 0 Å². The van der Waals surface area contributed by atoms with Crippen molar-refractivity contribution < 1.29 is 9.90 Å². The molecule has 0 aliphatic carbocycles. The minimum absolute atomic E-state index is 0.516. The third kappa shape index (κ3) is 2.39. The first-order valence-corrected chi connectivity index (χ1v) is 5.91. The molecule has 0 saturated heterocycles. The second-order valence-corrected chi connectivity index (χ2v) is 4.58. The van der Waals surface area contributed by atoms with E-state index in [1.54, 1.807) is 23.9 Å². The molecule has 2 rings (SSSR count). The van der Waals surface area contributed by atoms with Gasteiger partial charge in [0.15, 0.2) is 0 Å². The highest BCUT2D eigenvalue weighted by Gasteiger charge is 2.15. The molecule has 0 spiro atoms. The van der Waals surface area contributed by atoms with E-state index in [0.29, 0.717) is 0 Å². The van der Waals surface area contributed by atoms with Crippen LogP contribution >= 0.6 is 15.9 Å². The third-order valence-corrected chi connectivity index (χ3v) is 3.23. The number of benzene rings is 1. The third-order valence-electron chi connectivity index (χ3n) is 2.59. The number of carbonyl (C=O) groups is 1. The van der Waals surface area contributed by atoms with E-state index in [1.165, 1.54) is 0 Å². The van der Waals surface area contributed by atoms with Gasteiger partial charge in [-0.05, 0) is 46.6 Å². The van der Waals surface area contributed by atoms with Crippen molar-refractivity contribution in [2.24, 2.45) is 0 Å². The first kappa shape index (κ1) is 11.9. The van der Waals surface area contributed by atoms with Crippen LogP contribution in [0.5, 0.6) is 0 Å². The highest BCUT2D eigenvalue weighted by atomic mass is 79.9. The maximum atomic E-state index is 10.9. The number of rotatable bonds is 3. The van der Waals surface area contributed by atoms with Gasteiger partial charge in [0, 0.05) is 16.9 Å². The Morgan fingerprint density at radius 2 is 2.29 bits per heavy atom. The van der Waals surface area contributed by atoms with Gasteiger partial charge < -0.3 is 5.11 Å². The van der Waals surface area contributed by atoms with E-state index in [1.807, 2.05) is 24.4 Å². The van der Waals surface area contributed by atoms with Crippen molar-refractivity contribution in [2.75, 3.05) is 0 Å². The van der Waals surface area contributed by atoms with Gasteiger partial charge in [-0.15, -0.1) is 0 Å². The molecular formula is C12H11BrN2O2. The molecule has 0 fully saturated rings. The molecule has 1 unspecified atom stereocenters. The molecule has 0 bridgehead atoms. The lowest BCUT2D eigenvalue weighted by Gasteiger charge is -2.10. The van der Waals surface area contributed by atoms with Gasteiger partial charge >= 0.3 is 5.97 Å². The Bertz CT molecular complexity index is 537. The second-order valence-electron chi connectivity index (χ2n) is 3.72. The van der Waals surface area contributed by atoms with E-state index in [-0.39, 0.29) is 0 Å². The van der Waals surface area contributed by atoms with Crippen LogP contribution in [-0.4, -0.2) is 20.9 Å². The van der Waals surface area contributed by atoms with Crippen LogP contribution in [0.25, 0.3) is 5.69 Å². The zero-order valence-electron chi connectivity index (χ0n) is 9.17. The Morgan fingerprint density at radius 1 is 1.53 bits per heavy atom. The minimum atomic E-state index is -0.830.